The van der Waals surface area contributed by atoms with E-state index < -0.39 is 23.3 Å². The van der Waals surface area contributed by atoms with Crippen molar-refractivity contribution in [2.75, 3.05) is 0 Å². The first kappa shape index (κ1) is 13.4. The van der Waals surface area contributed by atoms with Crippen LogP contribution in [0.25, 0.3) is 5.69 Å². The van der Waals surface area contributed by atoms with Crippen molar-refractivity contribution in [3.63, 3.8) is 0 Å². The summed E-state index contributed by atoms with van der Waals surface area (Å²) in [4.78, 5) is 11.0. The zero-order valence-electron chi connectivity index (χ0n) is 9.28. The molecule has 1 aromatic heterocycles. The summed E-state index contributed by atoms with van der Waals surface area (Å²) in [6.45, 7) is 0. The number of benzene rings is 1. The lowest BCUT2D eigenvalue weighted by atomic mass is 10.2. The highest BCUT2D eigenvalue weighted by atomic mass is 35.5. The third-order valence-electron chi connectivity index (χ3n) is 2.37. The highest BCUT2D eigenvalue weighted by Crippen LogP contribution is 2.33. The molecule has 2 aromatic rings. The van der Waals surface area contributed by atoms with Gasteiger partial charge < -0.3 is 5.73 Å². The highest BCUT2D eigenvalue weighted by Gasteiger charge is 2.40. The third-order valence-corrected chi connectivity index (χ3v) is 2.63. The fourth-order valence-electron chi connectivity index (χ4n) is 1.58. The molecule has 0 atom stereocenters. The number of hydrogen-bond acceptors (Lipinski definition) is 2. The number of nitrogens with two attached hydrogens (primary N) is 1. The van der Waals surface area contributed by atoms with Gasteiger partial charge in [-0.2, -0.15) is 18.3 Å². The molecule has 0 fully saturated rings. The molecule has 2 rings (SSSR count). The van der Waals surface area contributed by atoms with Gasteiger partial charge in [-0.1, -0.05) is 11.6 Å². The van der Waals surface area contributed by atoms with E-state index in [4.69, 9.17) is 17.3 Å². The van der Waals surface area contributed by atoms with Gasteiger partial charge >= 0.3 is 6.18 Å². The maximum atomic E-state index is 13.0. The number of carbonyl (C=O) groups is 1. The second-order valence-electron chi connectivity index (χ2n) is 3.66. The Kier molecular flexibility index (Phi) is 3.23. The second-order valence-corrected chi connectivity index (χ2v) is 4.09. The van der Waals surface area contributed by atoms with Gasteiger partial charge in [0.2, 0.25) is 0 Å². The fraction of sp³-hybridized carbons (Fsp3) is 0.0909. The van der Waals surface area contributed by atoms with Gasteiger partial charge in [-0.25, -0.2) is 4.68 Å². The van der Waals surface area contributed by atoms with Crippen LogP contribution in [-0.2, 0) is 6.18 Å². The summed E-state index contributed by atoms with van der Waals surface area (Å²) in [6.07, 6.45) is -3.96. The van der Waals surface area contributed by atoms with Crippen LogP contribution in [-0.4, -0.2) is 15.7 Å². The first-order chi connectivity index (χ1) is 8.80. The van der Waals surface area contributed by atoms with E-state index >= 15 is 0 Å². The first-order valence-corrected chi connectivity index (χ1v) is 5.39. The number of nitrogens with zero attached hydrogens (tertiary/aromatic N) is 2. The molecule has 1 aromatic carbocycles. The summed E-state index contributed by atoms with van der Waals surface area (Å²) < 4.78 is 39.5. The predicted octanol–water partition coefficient (Wildman–Crippen LogP) is 2.64. The minimum Gasteiger partial charge on any atom is -0.365 e. The van der Waals surface area contributed by atoms with Crippen molar-refractivity contribution in [2.24, 2.45) is 5.73 Å². The van der Waals surface area contributed by atoms with Gasteiger partial charge in [-0.15, -0.1) is 0 Å². The first-order valence-electron chi connectivity index (χ1n) is 5.01. The molecule has 2 N–H and O–H groups in total. The van der Waals surface area contributed by atoms with Gasteiger partial charge in [0.05, 0.1) is 17.4 Å². The standard InChI is InChI=1S/C11H7ClF3N3O/c12-6-1-3-7(4-2-6)18-9(11(13,14)15)8(5-17-18)10(16)19/h1-5H,(H2,16,19). The molecule has 0 bridgehead atoms. The SMILES string of the molecule is NC(=O)c1cnn(-c2ccc(Cl)cc2)c1C(F)(F)F. The molecule has 0 saturated carbocycles. The number of halogens is 4. The van der Waals surface area contributed by atoms with Crippen molar-refractivity contribution >= 4 is 17.5 Å². The summed E-state index contributed by atoms with van der Waals surface area (Å²) in [6, 6.07) is 5.55. The zero-order chi connectivity index (χ0) is 14.2. The molecule has 0 unspecified atom stereocenters. The van der Waals surface area contributed by atoms with E-state index in [0.29, 0.717) is 9.70 Å². The van der Waals surface area contributed by atoms with Crippen LogP contribution in [0.3, 0.4) is 0 Å². The van der Waals surface area contributed by atoms with Crippen LogP contribution in [0.5, 0.6) is 0 Å². The van der Waals surface area contributed by atoms with E-state index in [-0.39, 0.29) is 5.69 Å². The summed E-state index contributed by atoms with van der Waals surface area (Å²) in [5, 5.41) is 3.93. The molecular formula is C11H7ClF3N3O. The van der Waals surface area contributed by atoms with Gasteiger partial charge in [0.25, 0.3) is 5.91 Å². The summed E-state index contributed by atoms with van der Waals surface area (Å²) in [7, 11) is 0. The van der Waals surface area contributed by atoms with E-state index in [1.165, 1.54) is 24.3 Å². The Morgan fingerprint density at radius 2 is 1.84 bits per heavy atom. The molecule has 0 aliphatic rings. The highest BCUT2D eigenvalue weighted by molar-refractivity contribution is 6.30. The molecular weight excluding hydrogens is 283 g/mol. The van der Waals surface area contributed by atoms with Crippen molar-refractivity contribution in [3.05, 3.63) is 46.7 Å². The average Bonchev–Trinajstić information content (AvgIpc) is 2.74. The molecule has 0 radical (unpaired) electrons. The Morgan fingerprint density at radius 1 is 1.26 bits per heavy atom. The molecule has 0 aliphatic heterocycles. The van der Waals surface area contributed by atoms with Crippen molar-refractivity contribution in [2.45, 2.75) is 6.18 Å². The lowest BCUT2D eigenvalue weighted by molar-refractivity contribution is -0.143. The predicted molar refractivity (Wildman–Crippen MR) is 62.1 cm³/mol. The minimum absolute atomic E-state index is 0.129. The number of aromatic nitrogens is 2. The van der Waals surface area contributed by atoms with Gasteiger partial charge in [0, 0.05) is 5.02 Å². The molecule has 0 spiro atoms. The molecule has 8 heteroatoms. The number of hydrogen-bond donors (Lipinski definition) is 1. The van der Waals surface area contributed by atoms with Crippen LogP contribution >= 0.6 is 11.6 Å². The van der Waals surface area contributed by atoms with Crippen LogP contribution in [0.2, 0.25) is 5.02 Å². The Labute approximate surface area is 110 Å². The average molecular weight is 290 g/mol. The molecule has 0 saturated heterocycles. The molecule has 1 heterocycles. The number of amides is 1. The van der Waals surface area contributed by atoms with Crippen molar-refractivity contribution in [1.82, 2.24) is 9.78 Å². The maximum absolute atomic E-state index is 13.0. The van der Waals surface area contributed by atoms with Crippen LogP contribution in [0.1, 0.15) is 16.1 Å². The van der Waals surface area contributed by atoms with E-state index in [1.54, 1.807) is 0 Å². The van der Waals surface area contributed by atoms with Crippen LogP contribution in [0.15, 0.2) is 30.5 Å². The van der Waals surface area contributed by atoms with Crippen molar-refractivity contribution < 1.29 is 18.0 Å². The third kappa shape index (κ3) is 2.55. The van der Waals surface area contributed by atoms with Crippen LogP contribution < -0.4 is 5.73 Å². The topological polar surface area (TPSA) is 60.9 Å². The summed E-state index contributed by atoms with van der Waals surface area (Å²) >= 11 is 5.66. The maximum Gasteiger partial charge on any atom is 0.434 e. The van der Waals surface area contributed by atoms with E-state index in [2.05, 4.69) is 5.10 Å². The van der Waals surface area contributed by atoms with E-state index in [0.717, 1.165) is 6.20 Å². The smallest absolute Gasteiger partial charge is 0.365 e. The number of primary amides is 1. The minimum atomic E-state index is -4.75. The molecule has 19 heavy (non-hydrogen) atoms. The Morgan fingerprint density at radius 3 is 2.32 bits per heavy atom. The van der Waals surface area contributed by atoms with Gasteiger partial charge in [-0.3, -0.25) is 4.79 Å². The molecule has 4 nitrogen and oxygen atoms in total. The van der Waals surface area contributed by atoms with Gasteiger partial charge in [0.1, 0.15) is 0 Å². The summed E-state index contributed by atoms with van der Waals surface area (Å²) in [5.41, 5.74) is 3.16. The van der Waals surface area contributed by atoms with Crippen LogP contribution in [0, 0.1) is 0 Å². The molecule has 1 amide bonds. The van der Waals surface area contributed by atoms with Crippen molar-refractivity contribution in [3.8, 4) is 5.69 Å². The fourth-order valence-corrected chi connectivity index (χ4v) is 1.71. The Balaban J connectivity index is 2.64. The van der Waals surface area contributed by atoms with E-state index in [1.807, 2.05) is 0 Å². The lowest BCUT2D eigenvalue weighted by Gasteiger charge is -2.11. The second kappa shape index (κ2) is 4.58. The van der Waals surface area contributed by atoms with Gasteiger partial charge in [-0.05, 0) is 24.3 Å². The summed E-state index contributed by atoms with van der Waals surface area (Å²) in [5.74, 6) is -1.19. The van der Waals surface area contributed by atoms with Crippen LogP contribution in [0.4, 0.5) is 13.2 Å². The van der Waals surface area contributed by atoms with E-state index in [9.17, 15) is 18.0 Å². The Bertz CT molecular complexity index is 619. The molecule has 0 aliphatic carbocycles. The number of alkyl halides is 3. The lowest BCUT2D eigenvalue weighted by Crippen LogP contribution is -2.20. The number of carbonyl (C=O) groups excluding carboxylic acids is 1. The van der Waals surface area contributed by atoms with Crippen molar-refractivity contribution in [1.29, 1.82) is 0 Å². The Hall–Kier alpha value is -2.02. The largest absolute Gasteiger partial charge is 0.434 e. The molecule has 100 valence electrons. The normalized spacial score (nSPS) is 11.6. The quantitative estimate of drug-likeness (QED) is 0.924. The van der Waals surface area contributed by atoms with Gasteiger partial charge in [0.15, 0.2) is 5.69 Å². The number of rotatable bonds is 2. The zero-order valence-corrected chi connectivity index (χ0v) is 10.0. The monoisotopic (exact) mass is 289 g/mol.